The van der Waals surface area contributed by atoms with Crippen LogP contribution in [0, 0.1) is 6.92 Å². The largest absolute Gasteiger partial charge is 0.494 e. The Hall–Kier alpha value is -1.94. The number of benzene rings is 2. The molecule has 116 valence electrons. The number of rotatable bonds is 6. The van der Waals surface area contributed by atoms with Crippen LogP contribution >= 0.6 is 11.8 Å². The molecule has 2 aromatic carbocycles. The van der Waals surface area contributed by atoms with Gasteiger partial charge in [-0.05, 0) is 57.2 Å². The number of carbonyl (C=O) groups is 1. The van der Waals surface area contributed by atoms with Crippen LogP contribution in [0.5, 0.6) is 5.75 Å². The van der Waals surface area contributed by atoms with Gasteiger partial charge in [-0.2, -0.15) is 0 Å². The topological polar surface area (TPSA) is 38.3 Å². The molecule has 22 heavy (non-hydrogen) atoms. The summed E-state index contributed by atoms with van der Waals surface area (Å²) in [6.07, 6.45) is 0. The number of ether oxygens (including phenoxy) is 1. The number of aryl methyl sites for hydroxylation is 1. The summed E-state index contributed by atoms with van der Waals surface area (Å²) in [6, 6.07) is 15.6. The quantitative estimate of drug-likeness (QED) is 0.797. The Morgan fingerprint density at radius 3 is 2.36 bits per heavy atom. The van der Waals surface area contributed by atoms with Gasteiger partial charge in [0.25, 0.3) is 0 Å². The molecule has 1 N–H and O–H groups in total. The first kappa shape index (κ1) is 16.4. The summed E-state index contributed by atoms with van der Waals surface area (Å²) in [5.74, 6) is 0.803. The van der Waals surface area contributed by atoms with Crippen LogP contribution in [0.15, 0.2) is 53.4 Å². The van der Waals surface area contributed by atoms with Gasteiger partial charge in [-0.25, -0.2) is 0 Å². The third-order valence-corrected chi connectivity index (χ3v) is 4.25. The first-order valence-electron chi connectivity index (χ1n) is 7.35. The van der Waals surface area contributed by atoms with Gasteiger partial charge in [0.1, 0.15) is 5.75 Å². The lowest BCUT2D eigenvalue weighted by atomic mass is 10.2. The molecule has 0 aliphatic heterocycles. The molecule has 0 bridgehead atoms. The molecule has 0 fully saturated rings. The summed E-state index contributed by atoms with van der Waals surface area (Å²) in [6.45, 7) is 6.54. The number of nitrogens with one attached hydrogen (secondary N) is 1. The molecular formula is C18H21NO2S. The smallest absolute Gasteiger partial charge is 0.237 e. The van der Waals surface area contributed by atoms with Crippen LogP contribution in [0.4, 0.5) is 5.69 Å². The van der Waals surface area contributed by atoms with Gasteiger partial charge in [0, 0.05) is 10.6 Å². The van der Waals surface area contributed by atoms with Crippen LogP contribution in [0.2, 0.25) is 0 Å². The number of anilines is 1. The van der Waals surface area contributed by atoms with Crippen molar-refractivity contribution in [3.8, 4) is 5.75 Å². The number of amides is 1. The summed E-state index contributed by atoms with van der Waals surface area (Å²) < 4.78 is 5.39. The van der Waals surface area contributed by atoms with Crippen LogP contribution in [0.25, 0.3) is 0 Å². The zero-order valence-electron chi connectivity index (χ0n) is 13.1. The molecule has 0 aliphatic carbocycles. The van der Waals surface area contributed by atoms with Crippen LogP contribution in [0.3, 0.4) is 0 Å². The number of hydrogen-bond acceptors (Lipinski definition) is 3. The molecule has 0 heterocycles. The van der Waals surface area contributed by atoms with Crippen molar-refractivity contribution >= 4 is 23.4 Å². The first-order valence-corrected chi connectivity index (χ1v) is 8.23. The highest BCUT2D eigenvalue weighted by Crippen LogP contribution is 2.24. The Balaban J connectivity index is 1.91. The van der Waals surface area contributed by atoms with E-state index < -0.39 is 0 Å². The van der Waals surface area contributed by atoms with Crippen LogP contribution in [0.1, 0.15) is 19.4 Å². The highest BCUT2D eigenvalue weighted by molar-refractivity contribution is 8.00. The Morgan fingerprint density at radius 1 is 1.14 bits per heavy atom. The van der Waals surface area contributed by atoms with E-state index in [1.165, 1.54) is 5.56 Å². The van der Waals surface area contributed by atoms with Gasteiger partial charge in [0.15, 0.2) is 0 Å². The highest BCUT2D eigenvalue weighted by Gasteiger charge is 2.14. The Labute approximate surface area is 136 Å². The van der Waals surface area contributed by atoms with Crippen molar-refractivity contribution in [2.24, 2.45) is 0 Å². The van der Waals surface area contributed by atoms with Gasteiger partial charge >= 0.3 is 0 Å². The molecule has 2 rings (SSSR count). The highest BCUT2D eigenvalue weighted by atomic mass is 32.2. The lowest BCUT2D eigenvalue weighted by molar-refractivity contribution is -0.115. The lowest BCUT2D eigenvalue weighted by Crippen LogP contribution is -2.22. The molecule has 0 saturated heterocycles. The zero-order chi connectivity index (χ0) is 15.9. The summed E-state index contributed by atoms with van der Waals surface area (Å²) >= 11 is 1.55. The third-order valence-electron chi connectivity index (χ3n) is 3.14. The molecule has 0 spiro atoms. The fourth-order valence-corrected chi connectivity index (χ4v) is 2.79. The van der Waals surface area contributed by atoms with Crippen molar-refractivity contribution in [1.82, 2.24) is 0 Å². The molecule has 1 atom stereocenters. The van der Waals surface area contributed by atoms with E-state index >= 15 is 0 Å². The van der Waals surface area contributed by atoms with Crippen molar-refractivity contribution in [2.45, 2.75) is 30.9 Å². The summed E-state index contributed by atoms with van der Waals surface area (Å²) in [7, 11) is 0. The normalized spacial score (nSPS) is 11.8. The van der Waals surface area contributed by atoms with E-state index in [4.69, 9.17) is 4.74 Å². The van der Waals surface area contributed by atoms with E-state index in [2.05, 4.69) is 24.4 Å². The van der Waals surface area contributed by atoms with Gasteiger partial charge < -0.3 is 10.1 Å². The summed E-state index contributed by atoms with van der Waals surface area (Å²) in [4.78, 5) is 13.3. The minimum atomic E-state index is -0.158. The SMILES string of the molecule is CCOc1ccc(NC(=O)C(C)Sc2ccc(C)cc2)cc1. The van der Waals surface area contributed by atoms with Gasteiger partial charge in [-0.15, -0.1) is 11.8 Å². The Bertz CT molecular complexity index is 608. The Kier molecular flexibility index (Phi) is 5.90. The summed E-state index contributed by atoms with van der Waals surface area (Å²) in [5, 5.41) is 2.77. The van der Waals surface area contributed by atoms with Crippen LogP contribution in [-0.2, 0) is 4.79 Å². The molecule has 0 radical (unpaired) electrons. The van der Waals surface area contributed by atoms with Crippen molar-refractivity contribution in [3.05, 3.63) is 54.1 Å². The summed E-state index contributed by atoms with van der Waals surface area (Å²) in [5.41, 5.74) is 2.00. The van der Waals surface area contributed by atoms with Gasteiger partial charge in [-0.1, -0.05) is 17.7 Å². The molecule has 3 nitrogen and oxygen atoms in total. The standard InChI is InChI=1S/C18H21NO2S/c1-4-21-16-9-7-15(8-10-16)19-18(20)14(3)22-17-11-5-13(2)6-12-17/h5-12,14H,4H2,1-3H3,(H,19,20). The van der Waals surface area contributed by atoms with Crippen molar-refractivity contribution in [3.63, 3.8) is 0 Å². The molecule has 4 heteroatoms. The minimum Gasteiger partial charge on any atom is -0.494 e. The van der Waals surface area contributed by atoms with Crippen molar-refractivity contribution in [1.29, 1.82) is 0 Å². The molecule has 1 unspecified atom stereocenters. The fourth-order valence-electron chi connectivity index (χ4n) is 1.92. The maximum atomic E-state index is 12.2. The van der Waals surface area contributed by atoms with E-state index in [9.17, 15) is 4.79 Å². The molecular weight excluding hydrogens is 294 g/mol. The second kappa shape index (κ2) is 7.90. The monoisotopic (exact) mass is 315 g/mol. The van der Waals surface area contributed by atoms with E-state index in [1.807, 2.05) is 50.2 Å². The van der Waals surface area contributed by atoms with E-state index in [0.29, 0.717) is 6.61 Å². The first-order chi connectivity index (χ1) is 10.6. The minimum absolute atomic E-state index is 0.00488. The second-order valence-electron chi connectivity index (χ2n) is 5.02. The molecule has 2 aromatic rings. The van der Waals surface area contributed by atoms with E-state index in [1.54, 1.807) is 11.8 Å². The lowest BCUT2D eigenvalue weighted by Gasteiger charge is -2.12. The maximum absolute atomic E-state index is 12.2. The molecule has 1 amide bonds. The third kappa shape index (κ3) is 4.81. The Morgan fingerprint density at radius 2 is 1.77 bits per heavy atom. The average Bonchev–Trinajstić information content (AvgIpc) is 2.51. The molecule has 0 saturated carbocycles. The van der Waals surface area contributed by atoms with Crippen molar-refractivity contribution < 1.29 is 9.53 Å². The zero-order valence-corrected chi connectivity index (χ0v) is 13.9. The van der Waals surface area contributed by atoms with Gasteiger partial charge in [-0.3, -0.25) is 4.79 Å². The molecule has 0 aliphatic rings. The van der Waals surface area contributed by atoms with Gasteiger partial charge in [0.2, 0.25) is 5.91 Å². The van der Waals surface area contributed by atoms with Crippen molar-refractivity contribution in [2.75, 3.05) is 11.9 Å². The van der Waals surface area contributed by atoms with Gasteiger partial charge in [0.05, 0.1) is 11.9 Å². The maximum Gasteiger partial charge on any atom is 0.237 e. The molecule has 0 aromatic heterocycles. The predicted molar refractivity (Wildman–Crippen MR) is 92.7 cm³/mol. The predicted octanol–water partition coefficient (Wildman–Crippen LogP) is 4.51. The van der Waals surface area contributed by atoms with Crippen LogP contribution in [-0.4, -0.2) is 17.8 Å². The van der Waals surface area contributed by atoms with E-state index in [-0.39, 0.29) is 11.2 Å². The number of hydrogen-bond donors (Lipinski definition) is 1. The van der Waals surface area contributed by atoms with Crippen LogP contribution < -0.4 is 10.1 Å². The average molecular weight is 315 g/mol. The second-order valence-corrected chi connectivity index (χ2v) is 6.43. The fraction of sp³-hybridized carbons (Fsp3) is 0.278. The number of carbonyl (C=O) groups excluding carboxylic acids is 1. The van der Waals surface area contributed by atoms with E-state index in [0.717, 1.165) is 16.3 Å². The number of thioether (sulfide) groups is 1.